The van der Waals surface area contributed by atoms with E-state index in [1.54, 1.807) is 6.07 Å². The first-order chi connectivity index (χ1) is 9.69. The molecule has 0 aliphatic rings. The Bertz CT molecular complexity index is 770. The molecule has 0 atom stereocenters. The van der Waals surface area contributed by atoms with Crippen LogP contribution in [0.15, 0.2) is 30.3 Å². The molecule has 0 saturated heterocycles. The maximum atomic E-state index is 6.19. The van der Waals surface area contributed by atoms with Crippen LogP contribution in [0.2, 0.25) is 8.67 Å². The lowest BCUT2D eigenvalue weighted by Crippen LogP contribution is -2.02. The lowest BCUT2D eigenvalue weighted by atomic mass is 10.2. The summed E-state index contributed by atoms with van der Waals surface area (Å²) in [5.74, 6) is 1.40. The van der Waals surface area contributed by atoms with Gasteiger partial charge in [-0.25, -0.2) is 9.97 Å². The third-order valence-corrected chi connectivity index (χ3v) is 4.33. The zero-order valence-corrected chi connectivity index (χ0v) is 13.0. The fourth-order valence-corrected chi connectivity index (χ4v) is 3.45. The molecule has 2 aromatic heterocycles. The van der Waals surface area contributed by atoms with Crippen molar-refractivity contribution in [2.24, 2.45) is 0 Å². The Kier molecular flexibility index (Phi) is 3.78. The van der Waals surface area contributed by atoms with Crippen molar-refractivity contribution in [2.45, 2.75) is 6.92 Å². The van der Waals surface area contributed by atoms with Gasteiger partial charge in [0.25, 0.3) is 0 Å². The van der Waals surface area contributed by atoms with Crippen molar-refractivity contribution in [3.05, 3.63) is 39.0 Å². The smallest absolute Gasteiger partial charge is 0.164 e. The Morgan fingerprint density at radius 1 is 1.20 bits per heavy atom. The molecule has 20 heavy (non-hydrogen) atoms. The molecule has 0 amide bonds. The zero-order valence-electron chi connectivity index (χ0n) is 10.7. The standard InChI is InChI=1S/C14H11Cl2N3S/c1-2-17-13-8-5-3-4-6-10(8)18-14(19-13)9-7-11(15)20-12(9)16/h3-7H,2H2,1H3,(H,17,18,19). The summed E-state index contributed by atoms with van der Waals surface area (Å²) in [5, 5.41) is 4.26. The summed E-state index contributed by atoms with van der Waals surface area (Å²) in [6, 6.07) is 9.69. The summed E-state index contributed by atoms with van der Waals surface area (Å²) in [4.78, 5) is 9.15. The molecule has 0 aliphatic heterocycles. The maximum Gasteiger partial charge on any atom is 0.164 e. The summed E-state index contributed by atoms with van der Waals surface area (Å²) < 4.78 is 1.24. The first-order valence-electron chi connectivity index (χ1n) is 6.15. The van der Waals surface area contributed by atoms with Crippen LogP contribution in [0, 0.1) is 0 Å². The maximum absolute atomic E-state index is 6.19. The van der Waals surface area contributed by atoms with Crippen molar-refractivity contribution >= 4 is 51.3 Å². The molecule has 0 fully saturated rings. The Hall–Kier alpha value is -1.36. The van der Waals surface area contributed by atoms with Crippen molar-refractivity contribution < 1.29 is 0 Å². The van der Waals surface area contributed by atoms with Gasteiger partial charge in [-0.1, -0.05) is 35.3 Å². The monoisotopic (exact) mass is 323 g/mol. The van der Waals surface area contributed by atoms with Gasteiger partial charge in [0.05, 0.1) is 15.4 Å². The topological polar surface area (TPSA) is 37.8 Å². The van der Waals surface area contributed by atoms with Gasteiger partial charge in [0.2, 0.25) is 0 Å². The number of para-hydroxylation sites is 1. The van der Waals surface area contributed by atoms with Crippen LogP contribution in [0.5, 0.6) is 0 Å². The molecule has 1 N–H and O–H groups in total. The number of hydrogen-bond donors (Lipinski definition) is 1. The van der Waals surface area contributed by atoms with Crippen LogP contribution in [-0.4, -0.2) is 16.5 Å². The van der Waals surface area contributed by atoms with E-state index in [1.807, 2.05) is 31.2 Å². The van der Waals surface area contributed by atoms with E-state index in [0.717, 1.165) is 28.8 Å². The van der Waals surface area contributed by atoms with Crippen LogP contribution in [0.3, 0.4) is 0 Å². The first-order valence-corrected chi connectivity index (χ1v) is 7.72. The van der Waals surface area contributed by atoms with E-state index in [9.17, 15) is 0 Å². The molecular formula is C14H11Cl2N3S. The lowest BCUT2D eigenvalue weighted by Gasteiger charge is -2.09. The van der Waals surface area contributed by atoms with Crippen molar-refractivity contribution in [2.75, 3.05) is 11.9 Å². The van der Waals surface area contributed by atoms with Gasteiger partial charge in [-0.15, -0.1) is 11.3 Å². The minimum atomic E-state index is 0.591. The van der Waals surface area contributed by atoms with Gasteiger partial charge in [0, 0.05) is 11.9 Å². The molecule has 0 unspecified atom stereocenters. The fourth-order valence-electron chi connectivity index (χ4n) is 1.99. The third-order valence-electron chi connectivity index (χ3n) is 2.85. The van der Waals surface area contributed by atoms with E-state index in [2.05, 4.69) is 15.3 Å². The molecule has 3 aromatic rings. The Morgan fingerprint density at radius 2 is 2.00 bits per heavy atom. The van der Waals surface area contributed by atoms with Crippen LogP contribution in [0.4, 0.5) is 5.82 Å². The number of anilines is 1. The van der Waals surface area contributed by atoms with E-state index in [0.29, 0.717) is 14.5 Å². The van der Waals surface area contributed by atoms with Crippen LogP contribution in [0.25, 0.3) is 22.3 Å². The highest BCUT2D eigenvalue weighted by atomic mass is 35.5. The highest BCUT2D eigenvalue weighted by Crippen LogP contribution is 2.37. The van der Waals surface area contributed by atoms with Crippen molar-refractivity contribution in [1.29, 1.82) is 0 Å². The van der Waals surface area contributed by atoms with Crippen LogP contribution >= 0.6 is 34.5 Å². The highest BCUT2D eigenvalue weighted by molar-refractivity contribution is 7.20. The quantitative estimate of drug-likeness (QED) is 0.728. The minimum absolute atomic E-state index is 0.591. The number of fused-ring (bicyclic) bond motifs is 1. The van der Waals surface area contributed by atoms with Crippen LogP contribution in [-0.2, 0) is 0 Å². The predicted octanol–water partition coefficient (Wildman–Crippen LogP) is 5.10. The zero-order chi connectivity index (χ0) is 14.1. The number of benzene rings is 1. The fraction of sp³-hybridized carbons (Fsp3) is 0.143. The van der Waals surface area contributed by atoms with E-state index in [4.69, 9.17) is 23.2 Å². The second-order valence-electron chi connectivity index (χ2n) is 4.18. The normalized spacial score (nSPS) is 10.9. The van der Waals surface area contributed by atoms with Gasteiger partial charge in [-0.2, -0.15) is 0 Å². The Balaban J connectivity index is 2.24. The van der Waals surface area contributed by atoms with E-state index in [1.165, 1.54) is 11.3 Å². The largest absolute Gasteiger partial charge is 0.370 e. The molecular weight excluding hydrogens is 313 g/mol. The predicted molar refractivity (Wildman–Crippen MR) is 87.0 cm³/mol. The van der Waals surface area contributed by atoms with E-state index >= 15 is 0 Å². The molecule has 0 spiro atoms. The molecule has 3 nitrogen and oxygen atoms in total. The number of hydrogen-bond acceptors (Lipinski definition) is 4. The average Bonchev–Trinajstić information content (AvgIpc) is 2.78. The summed E-state index contributed by atoms with van der Waals surface area (Å²) >= 11 is 13.5. The second kappa shape index (κ2) is 5.56. The summed E-state index contributed by atoms with van der Waals surface area (Å²) in [7, 11) is 0. The van der Waals surface area contributed by atoms with E-state index < -0.39 is 0 Å². The van der Waals surface area contributed by atoms with Crippen molar-refractivity contribution in [3.8, 4) is 11.4 Å². The van der Waals surface area contributed by atoms with Gasteiger partial charge in [-0.3, -0.25) is 0 Å². The second-order valence-corrected chi connectivity index (χ2v) is 6.47. The van der Waals surface area contributed by atoms with Gasteiger partial charge in [0.15, 0.2) is 5.82 Å². The van der Waals surface area contributed by atoms with Crippen LogP contribution in [0.1, 0.15) is 6.92 Å². The molecule has 102 valence electrons. The van der Waals surface area contributed by atoms with Gasteiger partial charge >= 0.3 is 0 Å². The van der Waals surface area contributed by atoms with Gasteiger partial charge < -0.3 is 5.32 Å². The molecule has 3 rings (SSSR count). The number of aromatic nitrogens is 2. The molecule has 0 aliphatic carbocycles. The summed E-state index contributed by atoms with van der Waals surface area (Å²) in [6.45, 7) is 2.82. The molecule has 2 heterocycles. The number of thiophene rings is 1. The minimum Gasteiger partial charge on any atom is -0.370 e. The average molecular weight is 324 g/mol. The third kappa shape index (κ3) is 2.46. The van der Waals surface area contributed by atoms with Gasteiger partial charge in [-0.05, 0) is 25.1 Å². The first kappa shape index (κ1) is 13.6. The number of rotatable bonds is 3. The molecule has 1 aromatic carbocycles. The SMILES string of the molecule is CCNc1nc(-c2cc(Cl)sc2Cl)nc2ccccc12. The van der Waals surface area contributed by atoms with Crippen molar-refractivity contribution in [3.63, 3.8) is 0 Å². The number of halogens is 2. The lowest BCUT2D eigenvalue weighted by molar-refractivity contribution is 1.15. The van der Waals surface area contributed by atoms with Crippen LogP contribution < -0.4 is 5.32 Å². The Morgan fingerprint density at radius 3 is 2.70 bits per heavy atom. The Labute approximate surface area is 130 Å². The molecule has 6 heteroatoms. The number of nitrogens with zero attached hydrogens (tertiary/aromatic N) is 2. The number of nitrogens with one attached hydrogen (secondary N) is 1. The molecule has 0 saturated carbocycles. The molecule has 0 bridgehead atoms. The van der Waals surface area contributed by atoms with Gasteiger partial charge in [0.1, 0.15) is 10.2 Å². The van der Waals surface area contributed by atoms with E-state index in [-0.39, 0.29) is 0 Å². The highest BCUT2D eigenvalue weighted by Gasteiger charge is 2.14. The summed E-state index contributed by atoms with van der Waals surface area (Å²) in [5.41, 5.74) is 1.65. The van der Waals surface area contributed by atoms with Crippen molar-refractivity contribution in [1.82, 2.24) is 9.97 Å². The summed E-state index contributed by atoms with van der Waals surface area (Å²) in [6.07, 6.45) is 0. The molecule has 0 radical (unpaired) electrons.